The Kier molecular flexibility index (Phi) is 4.25. The minimum Gasteiger partial charge on any atom is -0.495 e. The second kappa shape index (κ2) is 5.92. The molecule has 104 valence electrons. The molecular formula is C13H13N3O3S. The van der Waals surface area contributed by atoms with Gasteiger partial charge in [0.05, 0.1) is 7.11 Å². The molecule has 0 bridgehead atoms. The molecule has 1 aromatic rings. The first kappa shape index (κ1) is 14.3. The summed E-state index contributed by atoms with van der Waals surface area (Å²) in [6.07, 6.45) is 1.77. The van der Waals surface area contributed by atoms with Crippen LogP contribution in [0.5, 0.6) is 5.75 Å². The standard InChI is InChI=1S/C13H13N3O3S/c1-8(17)20-9-5-12(18)16(7-9)13-10(6-14)11(19-2)3-4-15-13/h3-4,9H,5,7H2,1-2H3. The minimum absolute atomic E-state index is 0.0243. The van der Waals surface area contributed by atoms with E-state index in [1.54, 1.807) is 6.07 Å². The zero-order chi connectivity index (χ0) is 14.7. The smallest absolute Gasteiger partial charge is 0.229 e. The Morgan fingerprint density at radius 2 is 2.40 bits per heavy atom. The maximum atomic E-state index is 12.0. The zero-order valence-electron chi connectivity index (χ0n) is 11.1. The van der Waals surface area contributed by atoms with E-state index in [0.717, 1.165) is 11.8 Å². The van der Waals surface area contributed by atoms with E-state index in [4.69, 9.17) is 4.74 Å². The molecule has 1 atom stereocenters. The van der Waals surface area contributed by atoms with E-state index < -0.39 is 0 Å². The van der Waals surface area contributed by atoms with Gasteiger partial charge in [-0.2, -0.15) is 5.26 Å². The highest BCUT2D eigenvalue weighted by atomic mass is 32.2. The van der Waals surface area contributed by atoms with Crippen LogP contribution in [0.4, 0.5) is 5.82 Å². The summed E-state index contributed by atoms with van der Waals surface area (Å²) >= 11 is 1.14. The number of thioether (sulfide) groups is 1. The fraction of sp³-hybridized carbons (Fsp3) is 0.385. The average molecular weight is 291 g/mol. The largest absolute Gasteiger partial charge is 0.495 e. The monoisotopic (exact) mass is 291 g/mol. The first-order valence-corrected chi connectivity index (χ1v) is 6.85. The quantitative estimate of drug-likeness (QED) is 0.836. The topological polar surface area (TPSA) is 83.3 Å². The Bertz CT molecular complexity index is 597. The molecule has 0 aliphatic carbocycles. The summed E-state index contributed by atoms with van der Waals surface area (Å²) in [5, 5.41) is 9.10. The van der Waals surface area contributed by atoms with Crippen molar-refractivity contribution in [3.63, 3.8) is 0 Å². The van der Waals surface area contributed by atoms with Gasteiger partial charge in [-0.3, -0.25) is 14.5 Å². The van der Waals surface area contributed by atoms with Gasteiger partial charge < -0.3 is 4.74 Å². The van der Waals surface area contributed by atoms with E-state index in [9.17, 15) is 14.9 Å². The first-order valence-electron chi connectivity index (χ1n) is 5.97. The van der Waals surface area contributed by atoms with Gasteiger partial charge in [-0.1, -0.05) is 11.8 Å². The molecule has 0 aromatic carbocycles. The Morgan fingerprint density at radius 1 is 1.65 bits per heavy atom. The Hall–Kier alpha value is -2.07. The summed E-state index contributed by atoms with van der Waals surface area (Å²) in [6.45, 7) is 1.85. The fourth-order valence-electron chi connectivity index (χ4n) is 2.11. The Balaban J connectivity index is 2.31. The molecule has 1 amide bonds. The number of rotatable bonds is 3. The van der Waals surface area contributed by atoms with Crippen molar-refractivity contribution in [3.05, 3.63) is 17.8 Å². The predicted octanol–water partition coefficient (Wildman–Crippen LogP) is 1.35. The van der Waals surface area contributed by atoms with Gasteiger partial charge in [-0.15, -0.1) is 0 Å². The van der Waals surface area contributed by atoms with Crippen LogP contribution in [0.25, 0.3) is 0 Å². The SMILES string of the molecule is COc1ccnc(N2CC(SC(C)=O)CC2=O)c1C#N. The molecule has 1 unspecified atom stereocenters. The van der Waals surface area contributed by atoms with E-state index in [2.05, 4.69) is 4.98 Å². The lowest BCUT2D eigenvalue weighted by Crippen LogP contribution is -2.27. The molecule has 1 aliphatic heterocycles. The molecule has 7 heteroatoms. The van der Waals surface area contributed by atoms with Crippen molar-refractivity contribution in [3.8, 4) is 11.8 Å². The van der Waals surface area contributed by atoms with Crippen LogP contribution >= 0.6 is 11.8 Å². The number of methoxy groups -OCH3 is 1. The molecule has 6 nitrogen and oxygen atoms in total. The van der Waals surface area contributed by atoms with Crippen LogP contribution in [0.3, 0.4) is 0 Å². The molecule has 2 heterocycles. The minimum atomic E-state index is -0.138. The lowest BCUT2D eigenvalue weighted by Gasteiger charge is -2.17. The molecule has 2 rings (SSSR count). The highest BCUT2D eigenvalue weighted by Crippen LogP contribution is 2.32. The molecule has 20 heavy (non-hydrogen) atoms. The lowest BCUT2D eigenvalue weighted by molar-refractivity contribution is -0.117. The molecule has 1 aliphatic rings. The van der Waals surface area contributed by atoms with Gasteiger partial charge in [-0.25, -0.2) is 4.98 Å². The molecule has 0 spiro atoms. The summed E-state index contributed by atoms with van der Waals surface area (Å²) in [4.78, 5) is 28.7. The number of hydrogen-bond acceptors (Lipinski definition) is 6. The fourth-order valence-corrected chi connectivity index (χ4v) is 3.03. The van der Waals surface area contributed by atoms with Gasteiger partial charge in [-0.05, 0) is 6.07 Å². The van der Waals surface area contributed by atoms with Crippen molar-refractivity contribution in [2.24, 2.45) is 0 Å². The van der Waals surface area contributed by atoms with Crippen molar-refractivity contribution in [1.29, 1.82) is 5.26 Å². The van der Waals surface area contributed by atoms with E-state index in [1.807, 2.05) is 6.07 Å². The number of amides is 1. The number of nitriles is 1. The van der Waals surface area contributed by atoms with Crippen molar-refractivity contribution >= 4 is 28.6 Å². The molecule has 0 radical (unpaired) electrons. The second-order valence-electron chi connectivity index (χ2n) is 4.26. The number of anilines is 1. The van der Waals surface area contributed by atoms with Gasteiger partial charge in [0.15, 0.2) is 10.9 Å². The number of hydrogen-bond donors (Lipinski definition) is 0. The van der Waals surface area contributed by atoms with Crippen LogP contribution in [0.2, 0.25) is 0 Å². The van der Waals surface area contributed by atoms with Crippen molar-refractivity contribution in [1.82, 2.24) is 4.98 Å². The third-order valence-corrected chi connectivity index (χ3v) is 3.88. The summed E-state index contributed by atoms with van der Waals surface area (Å²) in [6, 6.07) is 3.59. The molecule has 0 N–H and O–H groups in total. The number of pyridine rings is 1. The van der Waals surface area contributed by atoms with Crippen LogP contribution in [0.15, 0.2) is 12.3 Å². The summed E-state index contributed by atoms with van der Waals surface area (Å²) in [5.74, 6) is 0.539. The molecule has 1 fully saturated rings. The maximum Gasteiger partial charge on any atom is 0.229 e. The van der Waals surface area contributed by atoms with Crippen LogP contribution in [-0.4, -0.2) is 34.9 Å². The first-order chi connectivity index (χ1) is 9.56. The third-order valence-electron chi connectivity index (χ3n) is 2.90. The van der Waals surface area contributed by atoms with Crippen LogP contribution in [0.1, 0.15) is 18.9 Å². The van der Waals surface area contributed by atoms with E-state index in [-0.39, 0.29) is 28.3 Å². The second-order valence-corrected chi connectivity index (χ2v) is 5.74. The number of aromatic nitrogens is 1. The highest BCUT2D eigenvalue weighted by Gasteiger charge is 2.34. The summed E-state index contributed by atoms with van der Waals surface area (Å²) in [7, 11) is 1.46. The van der Waals surface area contributed by atoms with Crippen LogP contribution < -0.4 is 9.64 Å². The van der Waals surface area contributed by atoms with Crippen molar-refractivity contribution in [2.45, 2.75) is 18.6 Å². The highest BCUT2D eigenvalue weighted by molar-refractivity contribution is 8.14. The number of carbonyl (C=O) groups is 2. The number of ether oxygens (including phenoxy) is 1. The van der Waals surface area contributed by atoms with Gasteiger partial charge >= 0.3 is 0 Å². The number of nitrogens with zero attached hydrogens (tertiary/aromatic N) is 3. The van der Waals surface area contributed by atoms with E-state index >= 15 is 0 Å². The van der Waals surface area contributed by atoms with Crippen molar-refractivity contribution < 1.29 is 14.3 Å². The maximum absolute atomic E-state index is 12.0. The summed E-state index contributed by atoms with van der Waals surface area (Å²) < 4.78 is 5.10. The van der Waals surface area contributed by atoms with Crippen LogP contribution in [-0.2, 0) is 9.59 Å². The van der Waals surface area contributed by atoms with Gasteiger partial charge in [0, 0.05) is 31.3 Å². The van der Waals surface area contributed by atoms with E-state index in [1.165, 1.54) is 25.1 Å². The normalized spacial score (nSPS) is 17.9. The van der Waals surface area contributed by atoms with Gasteiger partial charge in [0.1, 0.15) is 17.4 Å². The van der Waals surface area contributed by atoms with E-state index in [0.29, 0.717) is 18.1 Å². The van der Waals surface area contributed by atoms with Crippen molar-refractivity contribution in [2.75, 3.05) is 18.6 Å². The number of carbonyl (C=O) groups excluding carboxylic acids is 2. The predicted molar refractivity (Wildman–Crippen MR) is 74.5 cm³/mol. The zero-order valence-corrected chi connectivity index (χ0v) is 11.9. The van der Waals surface area contributed by atoms with Crippen LogP contribution in [0, 0.1) is 11.3 Å². The molecule has 0 saturated carbocycles. The summed E-state index contributed by atoms with van der Waals surface area (Å²) in [5.41, 5.74) is 0.233. The third kappa shape index (κ3) is 2.75. The lowest BCUT2D eigenvalue weighted by atomic mass is 10.2. The Labute approximate surface area is 120 Å². The van der Waals surface area contributed by atoms with Gasteiger partial charge in [0.25, 0.3) is 0 Å². The molecular weight excluding hydrogens is 278 g/mol. The molecule has 1 saturated heterocycles. The Morgan fingerprint density at radius 3 is 3.00 bits per heavy atom. The van der Waals surface area contributed by atoms with Gasteiger partial charge in [0.2, 0.25) is 5.91 Å². The molecule has 1 aromatic heterocycles. The average Bonchev–Trinajstić information content (AvgIpc) is 2.77.